The van der Waals surface area contributed by atoms with E-state index in [1.54, 1.807) is 12.1 Å². The SMILES string of the molecule is Fc1cccc(CBr)c1-c1cc(Cl)c(Cl)cc1Cl. The average Bonchev–Trinajstić information content (AvgIpc) is 2.34. The maximum absolute atomic E-state index is 14.0. The highest BCUT2D eigenvalue weighted by atomic mass is 79.9. The molecule has 0 aliphatic carbocycles. The van der Waals surface area contributed by atoms with Crippen molar-refractivity contribution < 1.29 is 4.39 Å². The van der Waals surface area contributed by atoms with Crippen LogP contribution in [0.15, 0.2) is 30.3 Å². The van der Waals surface area contributed by atoms with Crippen LogP contribution in [-0.4, -0.2) is 0 Å². The van der Waals surface area contributed by atoms with E-state index in [2.05, 4.69) is 15.9 Å². The van der Waals surface area contributed by atoms with Gasteiger partial charge in [0, 0.05) is 16.5 Å². The number of hydrogen-bond donors (Lipinski definition) is 0. The third-order valence-electron chi connectivity index (χ3n) is 2.52. The van der Waals surface area contributed by atoms with Gasteiger partial charge in [-0.25, -0.2) is 4.39 Å². The Bertz CT molecular complexity index is 599. The summed E-state index contributed by atoms with van der Waals surface area (Å²) in [6.45, 7) is 0. The molecule has 0 atom stereocenters. The highest BCUT2D eigenvalue weighted by Crippen LogP contribution is 2.38. The molecule has 0 aliphatic rings. The second-order valence-corrected chi connectivity index (χ2v) is 5.44. The van der Waals surface area contributed by atoms with Gasteiger partial charge in [-0.1, -0.05) is 62.9 Å². The molecule has 0 saturated heterocycles. The van der Waals surface area contributed by atoms with Gasteiger partial charge in [-0.2, -0.15) is 0 Å². The van der Waals surface area contributed by atoms with Gasteiger partial charge in [-0.15, -0.1) is 0 Å². The largest absolute Gasteiger partial charge is 0.206 e. The first-order valence-electron chi connectivity index (χ1n) is 5.03. The van der Waals surface area contributed by atoms with E-state index in [4.69, 9.17) is 34.8 Å². The van der Waals surface area contributed by atoms with Gasteiger partial charge in [0.2, 0.25) is 0 Å². The summed E-state index contributed by atoms with van der Waals surface area (Å²) in [5.41, 5.74) is 1.78. The Balaban J connectivity index is 2.73. The van der Waals surface area contributed by atoms with Crippen LogP contribution in [0.5, 0.6) is 0 Å². The normalized spacial score (nSPS) is 10.7. The van der Waals surface area contributed by atoms with Crippen molar-refractivity contribution in [1.82, 2.24) is 0 Å². The Kier molecular flexibility index (Phi) is 4.54. The second kappa shape index (κ2) is 5.79. The van der Waals surface area contributed by atoms with Gasteiger partial charge < -0.3 is 0 Å². The van der Waals surface area contributed by atoms with Crippen LogP contribution in [0.2, 0.25) is 15.1 Å². The molecule has 94 valence electrons. The van der Waals surface area contributed by atoms with Crippen LogP contribution in [0, 0.1) is 5.82 Å². The maximum atomic E-state index is 14.0. The zero-order valence-electron chi connectivity index (χ0n) is 8.98. The Morgan fingerprint density at radius 1 is 1.00 bits per heavy atom. The Labute approximate surface area is 128 Å². The van der Waals surface area contributed by atoms with E-state index in [1.165, 1.54) is 12.1 Å². The van der Waals surface area contributed by atoms with Crippen LogP contribution >= 0.6 is 50.7 Å². The topological polar surface area (TPSA) is 0 Å². The fourth-order valence-electron chi connectivity index (χ4n) is 1.70. The summed E-state index contributed by atoms with van der Waals surface area (Å²) >= 11 is 21.3. The molecule has 0 bridgehead atoms. The molecular formula is C13H7BrCl3F. The summed E-state index contributed by atoms with van der Waals surface area (Å²) in [5.74, 6) is -0.341. The first-order chi connectivity index (χ1) is 8.54. The third kappa shape index (κ3) is 2.67. The van der Waals surface area contributed by atoms with Gasteiger partial charge in [0.25, 0.3) is 0 Å². The van der Waals surface area contributed by atoms with Gasteiger partial charge in [0.15, 0.2) is 0 Å². The maximum Gasteiger partial charge on any atom is 0.131 e. The fraction of sp³-hybridized carbons (Fsp3) is 0.0769. The Morgan fingerprint density at radius 3 is 2.33 bits per heavy atom. The van der Waals surface area contributed by atoms with E-state index in [1.807, 2.05) is 6.07 Å². The lowest BCUT2D eigenvalue weighted by atomic mass is 10.00. The monoisotopic (exact) mass is 366 g/mol. The number of benzene rings is 2. The number of halogens is 5. The minimum Gasteiger partial charge on any atom is -0.206 e. The molecule has 0 radical (unpaired) electrons. The summed E-state index contributed by atoms with van der Waals surface area (Å²) in [6.07, 6.45) is 0. The Hall–Kier alpha value is -0.280. The lowest BCUT2D eigenvalue weighted by Gasteiger charge is -2.11. The van der Waals surface area contributed by atoms with Crippen molar-refractivity contribution in [1.29, 1.82) is 0 Å². The quantitative estimate of drug-likeness (QED) is 0.428. The summed E-state index contributed by atoms with van der Waals surface area (Å²) in [6, 6.07) is 7.97. The van der Waals surface area contributed by atoms with Crippen LogP contribution < -0.4 is 0 Å². The van der Waals surface area contributed by atoms with Crippen molar-refractivity contribution in [3.05, 3.63) is 56.8 Å². The molecule has 18 heavy (non-hydrogen) atoms. The molecule has 0 unspecified atom stereocenters. The molecule has 0 nitrogen and oxygen atoms in total. The van der Waals surface area contributed by atoms with Gasteiger partial charge in [-0.3, -0.25) is 0 Å². The minimum absolute atomic E-state index is 0.341. The standard InChI is InChI=1S/C13H7BrCl3F/c14-6-7-2-1-3-12(18)13(7)8-4-10(16)11(17)5-9(8)15/h1-5H,6H2. The van der Waals surface area contributed by atoms with Crippen molar-refractivity contribution >= 4 is 50.7 Å². The van der Waals surface area contributed by atoms with Crippen molar-refractivity contribution in [3.63, 3.8) is 0 Å². The van der Waals surface area contributed by atoms with E-state index >= 15 is 0 Å². The van der Waals surface area contributed by atoms with E-state index in [-0.39, 0.29) is 5.82 Å². The first-order valence-corrected chi connectivity index (χ1v) is 7.28. The molecule has 0 aliphatic heterocycles. The summed E-state index contributed by atoms with van der Waals surface area (Å²) in [7, 11) is 0. The minimum atomic E-state index is -0.341. The predicted molar refractivity (Wildman–Crippen MR) is 79.5 cm³/mol. The highest BCUT2D eigenvalue weighted by Gasteiger charge is 2.15. The molecule has 2 aromatic carbocycles. The lowest BCUT2D eigenvalue weighted by molar-refractivity contribution is 0.630. The van der Waals surface area contributed by atoms with E-state index in [0.717, 1.165) is 5.56 Å². The predicted octanol–water partition coefficient (Wildman–Crippen LogP) is 6.35. The van der Waals surface area contributed by atoms with Crippen molar-refractivity contribution in [3.8, 4) is 11.1 Å². The van der Waals surface area contributed by atoms with Crippen molar-refractivity contribution in [2.45, 2.75) is 5.33 Å². The average molecular weight is 368 g/mol. The molecule has 5 heteroatoms. The van der Waals surface area contributed by atoms with Crippen molar-refractivity contribution in [2.75, 3.05) is 0 Å². The zero-order chi connectivity index (χ0) is 13.3. The highest BCUT2D eigenvalue weighted by molar-refractivity contribution is 9.08. The zero-order valence-corrected chi connectivity index (χ0v) is 12.8. The molecular weight excluding hydrogens is 361 g/mol. The molecule has 0 fully saturated rings. The lowest BCUT2D eigenvalue weighted by Crippen LogP contribution is -1.92. The number of hydrogen-bond acceptors (Lipinski definition) is 0. The summed E-state index contributed by atoms with van der Waals surface area (Å²) < 4.78 is 14.0. The van der Waals surface area contributed by atoms with Gasteiger partial charge in [0.05, 0.1) is 15.1 Å². The number of alkyl halides is 1. The molecule has 0 amide bonds. The van der Waals surface area contributed by atoms with Crippen LogP contribution in [0.25, 0.3) is 11.1 Å². The molecule has 0 saturated carbocycles. The number of rotatable bonds is 2. The molecule has 2 aromatic rings. The summed E-state index contributed by atoms with van der Waals surface area (Å²) in [5, 5.41) is 1.59. The molecule has 0 N–H and O–H groups in total. The van der Waals surface area contributed by atoms with Gasteiger partial charge in [0.1, 0.15) is 5.82 Å². The van der Waals surface area contributed by atoms with E-state index < -0.39 is 0 Å². The van der Waals surface area contributed by atoms with Crippen LogP contribution in [0.1, 0.15) is 5.56 Å². The fourth-order valence-corrected chi connectivity index (χ4v) is 2.80. The van der Waals surface area contributed by atoms with E-state index in [9.17, 15) is 4.39 Å². The molecule has 2 rings (SSSR count). The van der Waals surface area contributed by atoms with Crippen LogP contribution in [0.3, 0.4) is 0 Å². The summed E-state index contributed by atoms with van der Waals surface area (Å²) in [4.78, 5) is 0. The third-order valence-corrected chi connectivity index (χ3v) is 4.16. The van der Waals surface area contributed by atoms with Gasteiger partial charge in [-0.05, 0) is 23.8 Å². The van der Waals surface area contributed by atoms with Gasteiger partial charge >= 0.3 is 0 Å². The molecule has 0 aromatic heterocycles. The second-order valence-electron chi connectivity index (χ2n) is 3.65. The first kappa shape index (κ1) is 14.1. The van der Waals surface area contributed by atoms with Crippen LogP contribution in [0.4, 0.5) is 4.39 Å². The van der Waals surface area contributed by atoms with E-state index in [0.29, 0.717) is 31.5 Å². The van der Waals surface area contributed by atoms with Crippen LogP contribution in [-0.2, 0) is 5.33 Å². The smallest absolute Gasteiger partial charge is 0.131 e. The Morgan fingerprint density at radius 2 is 1.67 bits per heavy atom. The van der Waals surface area contributed by atoms with Crippen molar-refractivity contribution in [2.24, 2.45) is 0 Å². The molecule has 0 heterocycles. The molecule has 0 spiro atoms.